The average Bonchev–Trinajstić information content (AvgIpc) is 2.69. The smallest absolute Gasteiger partial charge is 0.258 e. The highest BCUT2D eigenvalue weighted by Gasteiger charge is 2.28. The molecule has 0 fully saturated rings. The second-order valence-corrected chi connectivity index (χ2v) is 4.01. The van der Waals surface area contributed by atoms with E-state index in [0.29, 0.717) is 6.54 Å². The highest BCUT2D eigenvalue weighted by Crippen LogP contribution is 2.27. The Balaban J connectivity index is 1.95. The molecule has 1 aromatic rings. The van der Waals surface area contributed by atoms with Gasteiger partial charge >= 0.3 is 0 Å². The van der Waals surface area contributed by atoms with Gasteiger partial charge in [-0.15, -0.1) is 0 Å². The maximum Gasteiger partial charge on any atom is 0.258 e. The lowest BCUT2D eigenvalue weighted by molar-refractivity contribution is 0.0830. The molecule has 2 heteroatoms. The molecule has 0 bridgehead atoms. The number of hydrogen-bond donors (Lipinski definition) is 0. The first-order valence-corrected chi connectivity index (χ1v) is 5.46. The summed E-state index contributed by atoms with van der Waals surface area (Å²) < 4.78 is 0. The second kappa shape index (κ2) is 3.63. The summed E-state index contributed by atoms with van der Waals surface area (Å²) in [5, 5.41) is 0. The van der Waals surface area contributed by atoms with Gasteiger partial charge in [0.15, 0.2) is 0 Å². The molecule has 79 valence electrons. The Hall–Kier alpha value is -1.83. The topological polar surface area (TPSA) is 20.3 Å². The van der Waals surface area contributed by atoms with E-state index >= 15 is 0 Å². The fraction of sp³-hybridized carbons (Fsp3) is 0.143. The molecular formula is C14H12NO. The summed E-state index contributed by atoms with van der Waals surface area (Å²) in [6.07, 6.45) is 9.08. The van der Waals surface area contributed by atoms with Crippen molar-refractivity contribution >= 4 is 5.91 Å². The van der Waals surface area contributed by atoms with Crippen LogP contribution in [-0.4, -0.2) is 10.8 Å². The van der Waals surface area contributed by atoms with Gasteiger partial charge in [-0.3, -0.25) is 4.79 Å². The van der Waals surface area contributed by atoms with Crippen molar-refractivity contribution in [2.24, 2.45) is 0 Å². The predicted molar refractivity (Wildman–Crippen MR) is 62.5 cm³/mol. The van der Waals surface area contributed by atoms with Crippen molar-refractivity contribution < 1.29 is 4.79 Å². The Bertz CT molecular complexity index is 499. The Morgan fingerprint density at radius 1 is 1.19 bits per heavy atom. The van der Waals surface area contributed by atoms with Gasteiger partial charge in [0.1, 0.15) is 0 Å². The standard InChI is InChI=1S/C14H12NO/c16-14-13-9-5-4-6-11(13)10-15(14)12-7-2-1-3-8-12/h1-2,4-9H,3,10H2. The SMILES string of the molecule is O=C1c2ccccc2CN1C1=CC[CH]C=C1. The normalized spacial score (nSPS) is 18.6. The number of allylic oxidation sites excluding steroid dienone is 3. The fourth-order valence-corrected chi connectivity index (χ4v) is 2.17. The summed E-state index contributed by atoms with van der Waals surface area (Å²) in [7, 11) is 0. The van der Waals surface area contributed by atoms with E-state index in [9.17, 15) is 4.79 Å². The van der Waals surface area contributed by atoms with E-state index in [1.807, 2.05) is 41.3 Å². The van der Waals surface area contributed by atoms with E-state index < -0.39 is 0 Å². The molecule has 0 saturated heterocycles. The first-order valence-electron chi connectivity index (χ1n) is 5.46. The van der Waals surface area contributed by atoms with Crippen molar-refractivity contribution in [3.63, 3.8) is 0 Å². The number of carbonyl (C=O) groups excluding carboxylic acids is 1. The molecule has 1 heterocycles. The van der Waals surface area contributed by atoms with Gasteiger partial charge in [-0.2, -0.15) is 0 Å². The van der Waals surface area contributed by atoms with E-state index in [-0.39, 0.29) is 5.91 Å². The first-order chi connectivity index (χ1) is 7.86. The van der Waals surface area contributed by atoms with Crippen LogP contribution in [0.5, 0.6) is 0 Å². The van der Waals surface area contributed by atoms with E-state index in [2.05, 4.69) is 12.5 Å². The lowest BCUT2D eigenvalue weighted by Gasteiger charge is -2.18. The molecule has 0 aromatic heterocycles. The van der Waals surface area contributed by atoms with Crippen molar-refractivity contribution in [1.82, 2.24) is 4.90 Å². The molecule has 3 rings (SSSR count). The molecule has 1 aliphatic heterocycles. The summed E-state index contributed by atoms with van der Waals surface area (Å²) in [6.45, 7) is 0.700. The molecule has 0 spiro atoms. The summed E-state index contributed by atoms with van der Waals surface area (Å²) in [5.74, 6) is 0.119. The first kappa shape index (κ1) is 9.40. The highest BCUT2D eigenvalue weighted by molar-refractivity contribution is 5.99. The molecule has 0 N–H and O–H groups in total. The fourth-order valence-electron chi connectivity index (χ4n) is 2.17. The monoisotopic (exact) mass is 210 g/mol. The Labute approximate surface area is 94.9 Å². The molecule has 1 aliphatic carbocycles. The van der Waals surface area contributed by atoms with Crippen LogP contribution in [-0.2, 0) is 6.54 Å². The van der Waals surface area contributed by atoms with Gasteiger partial charge in [0.25, 0.3) is 5.91 Å². The van der Waals surface area contributed by atoms with Crippen LogP contribution in [0.15, 0.2) is 48.2 Å². The average molecular weight is 210 g/mol. The second-order valence-electron chi connectivity index (χ2n) is 4.01. The van der Waals surface area contributed by atoms with E-state index in [1.165, 1.54) is 0 Å². The van der Waals surface area contributed by atoms with Crippen LogP contribution in [0.3, 0.4) is 0 Å². The quantitative estimate of drug-likeness (QED) is 0.697. The van der Waals surface area contributed by atoms with Crippen LogP contribution >= 0.6 is 0 Å². The molecule has 2 aliphatic rings. The molecule has 1 aromatic carbocycles. The minimum Gasteiger partial charge on any atom is -0.304 e. The molecular weight excluding hydrogens is 198 g/mol. The van der Waals surface area contributed by atoms with Gasteiger partial charge in [-0.25, -0.2) is 0 Å². The number of benzene rings is 1. The zero-order chi connectivity index (χ0) is 11.0. The van der Waals surface area contributed by atoms with Crippen molar-refractivity contribution in [2.75, 3.05) is 0 Å². The zero-order valence-electron chi connectivity index (χ0n) is 8.89. The third-order valence-electron chi connectivity index (χ3n) is 3.00. The van der Waals surface area contributed by atoms with Crippen molar-refractivity contribution in [2.45, 2.75) is 13.0 Å². The van der Waals surface area contributed by atoms with E-state index in [4.69, 9.17) is 0 Å². The van der Waals surface area contributed by atoms with Gasteiger partial charge < -0.3 is 4.90 Å². The van der Waals surface area contributed by atoms with Gasteiger partial charge in [-0.1, -0.05) is 30.4 Å². The lowest BCUT2D eigenvalue weighted by Crippen LogP contribution is -2.22. The number of hydrogen-bond acceptors (Lipinski definition) is 1. The third-order valence-corrected chi connectivity index (χ3v) is 3.00. The maximum atomic E-state index is 12.1. The van der Waals surface area contributed by atoms with Crippen molar-refractivity contribution in [1.29, 1.82) is 0 Å². The number of rotatable bonds is 1. The number of nitrogens with zero attached hydrogens (tertiary/aromatic N) is 1. The third kappa shape index (κ3) is 1.38. The van der Waals surface area contributed by atoms with Crippen molar-refractivity contribution in [3.8, 4) is 0 Å². The summed E-state index contributed by atoms with van der Waals surface area (Å²) >= 11 is 0. The van der Waals surface area contributed by atoms with Gasteiger partial charge in [-0.05, 0) is 30.5 Å². The van der Waals surface area contributed by atoms with Crippen LogP contribution in [0.4, 0.5) is 0 Å². The Morgan fingerprint density at radius 2 is 2.06 bits per heavy atom. The van der Waals surface area contributed by atoms with Crippen molar-refractivity contribution in [3.05, 3.63) is 65.7 Å². The molecule has 1 amide bonds. The molecule has 2 nitrogen and oxygen atoms in total. The Kier molecular flexibility index (Phi) is 2.13. The Morgan fingerprint density at radius 3 is 2.81 bits per heavy atom. The molecule has 0 unspecified atom stereocenters. The van der Waals surface area contributed by atoms with E-state index in [0.717, 1.165) is 23.2 Å². The van der Waals surface area contributed by atoms with Gasteiger partial charge in [0, 0.05) is 11.3 Å². The molecule has 16 heavy (non-hydrogen) atoms. The minimum absolute atomic E-state index is 0.119. The van der Waals surface area contributed by atoms with Crippen LogP contribution in [0.2, 0.25) is 0 Å². The lowest BCUT2D eigenvalue weighted by atomic mass is 10.1. The zero-order valence-corrected chi connectivity index (χ0v) is 8.89. The molecule has 0 saturated carbocycles. The molecule has 1 radical (unpaired) electrons. The summed E-state index contributed by atoms with van der Waals surface area (Å²) in [5.41, 5.74) is 2.98. The maximum absolute atomic E-state index is 12.1. The summed E-state index contributed by atoms with van der Waals surface area (Å²) in [4.78, 5) is 14.0. The van der Waals surface area contributed by atoms with Gasteiger partial charge in [0.05, 0.1) is 6.54 Å². The van der Waals surface area contributed by atoms with Crippen LogP contribution in [0, 0.1) is 6.42 Å². The summed E-state index contributed by atoms with van der Waals surface area (Å²) in [6, 6.07) is 7.82. The number of fused-ring (bicyclic) bond motifs is 1. The highest BCUT2D eigenvalue weighted by atomic mass is 16.2. The van der Waals surface area contributed by atoms with Gasteiger partial charge in [0.2, 0.25) is 0 Å². The predicted octanol–water partition coefficient (Wildman–Crippen LogP) is 2.69. The number of carbonyl (C=O) groups is 1. The largest absolute Gasteiger partial charge is 0.304 e. The van der Waals surface area contributed by atoms with Crippen LogP contribution < -0.4 is 0 Å². The van der Waals surface area contributed by atoms with Crippen LogP contribution in [0.1, 0.15) is 22.3 Å². The molecule has 0 atom stereocenters. The minimum atomic E-state index is 0.119. The van der Waals surface area contributed by atoms with E-state index in [1.54, 1.807) is 0 Å². The van der Waals surface area contributed by atoms with Crippen LogP contribution in [0.25, 0.3) is 0 Å². The number of amides is 1.